The molecule has 0 bridgehead atoms. The molecule has 10 heteroatoms. The monoisotopic (exact) mass is 502 g/mol. The van der Waals surface area contributed by atoms with Crippen LogP contribution in [0.4, 0.5) is 0 Å². The molecule has 0 unspecified atom stereocenters. The lowest BCUT2D eigenvalue weighted by Gasteiger charge is -2.34. The molecule has 3 rings (SSSR count). The molecule has 0 saturated heterocycles. The van der Waals surface area contributed by atoms with Gasteiger partial charge < -0.3 is 37.9 Å². The maximum atomic E-state index is 13.2. The molecule has 0 amide bonds. The zero-order valence-corrected chi connectivity index (χ0v) is 21.5. The van der Waals surface area contributed by atoms with Crippen molar-refractivity contribution < 1.29 is 47.5 Å². The summed E-state index contributed by atoms with van der Waals surface area (Å²) in [6.07, 6.45) is 1.57. The highest BCUT2D eigenvalue weighted by atomic mass is 16.5. The molecule has 0 fully saturated rings. The first-order valence-corrected chi connectivity index (χ1v) is 10.9. The normalized spacial score (nSPS) is 16.2. The fourth-order valence-electron chi connectivity index (χ4n) is 4.57. The average molecular weight is 503 g/mol. The van der Waals surface area contributed by atoms with E-state index < -0.39 is 23.8 Å². The number of carbonyl (C=O) groups is 2. The van der Waals surface area contributed by atoms with E-state index in [0.717, 1.165) is 0 Å². The Morgan fingerprint density at radius 1 is 0.639 bits per heavy atom. The van der Waals surface area contributed by atoms with Gasteiger partial charge in [0.2, 0.25) is 11.5 Å². The highest BCUT2D eigenvalue weighted by Gasteiger charge is 2.45. The Labute approximate surface area is 209 Å². The van der Waals surface area contributed by atoms with Gasteiger partial charge >= 0.3 is 11.9 Å². The number of rotatable bonds is 9. The third-order valence-corrected chi connectivity index (χ3v) is 6.11. The fraction of sp³-hybridized carbons (Fsp3) is 0.385. The van der Waals surface area contributed by atoms with Crippen molar-refractivity contribution in [2.75, 3.05) is 56.9 Å². The molecule has 0 heterocycles. The minimum absolute atomic E-state index is 0.102. The van der Waals surface area contributed by atoms with E-state index in [2.05, 4.69) is 0 Å². The van der Waals surface area contributed by atoms with E-state index in [-0.39, 0.29) is 5.57 Å². The molecule has 0 radical (unpaired) electrons. The number of esters is 2. The smallest absolute Gasteiger partial charge is 0.334 e. The molecular formula is C26H30O10. The predicted octanol–water partition coefficient (Wildman–Crippen LogP) is 3.23. The molecule has 194 valence electrons. The van der Waals surface area contributed by atoms with Crippen molar-refractivity contribution in [2.24, 2.45) is 5.92 Å². The van der Waals surface area contributed by atoms with Crippen molar-refractivity contribution in [3.8, 4) is 34.5 Å². The predicted molar refractivity (Wildman–Crippen MR) is 130 cm³/mol. The molecule has 1 aliphatic carbocycles. The van der Waals surface area contributed by atoms with Gasteiger partial charge in [-0.3, -0.25) is 4.79 Å². The van der Waals surface area contributed by atoms with Crippen molar-refractivity contribution in [3.05, 3.63) is 40.5 Å². The van der Waals surface area contributed by atoms with Crippen molar-refractivity contribution in [1.29, 1.82) is 0 Å². The van der Waals surface area contributed by atoms with Gasteiger partial charge in [-0.15, -0.1) is 0 Å². The largest absolute Gasteiger partial charge is 0.493 e. The van der Waals surface area contributed by atoms with Gasteiger partial charge in [0, 0.05) is 11.5 Å². The van der Waals surface area contributed by atoms with Crippen LogP contribution in [0, 0.1) is 5.92 Å². The Morgan fingerprint density at radius 3 is 1.61 bits per heavy atom. The lowest BCUT2D eigenvalue weighted by molar-refractivity contribution is -0.147. The molecule has 1 aliphatic rings. The lowest BCUT2D eigenvalue weighted by atomic mass is 9.70. The number of hydrogen-bond donors (Lipinski definition) is 0. The van der Waals surface area contributed by atoms with E-state index >= 15 is 0 Å². The molecule has 10 nitrogen and oxygen atoms in total. The summed E-state index contributed by atoms with van der Waals surface area (Å²) in [6, 6.07) is 5.13. The van der Waals surface area contributed by atoms with E-state index in [4.69, 9.17) is 37.9 Å². The van der Waals surface area contributed by atoms with Crippen molar-refractivity contribution in [2.45, 2.75) is 5.92 Å². The summed E-state index contributed by atoms with van der Waals surface area (Å²) in [4.78, 5) is 26.2. The SMILES string of the molecule is COC(=O)C1=Cc2cc(OC)c(OC)c(OC)c2[C@@H](c2cc(OC)c(OC)c(OC)c2)[C@@H]1C(=O)OC. The number of benzene rings is 2. The minimum Gasteiger partial charge on any atom is -0.493 e. The standard InChI is InChI=1S/C26H30O10/c1-29-16-11-14(12-17(30-2)22(16)32-4)19-20-13(10-18(31-3)23(33-5)24(20)34-6)9-15(25(27)35-7)21(19)26(28)36-8/h9-12,19,21H,1-8H3/t19-,21-/m1/s1. The third-order valence-electron chi connectivity index (χ3n) is 6.11. The molecule has 36 heavy (non-hydrogen) atoms. The lowest BCUT2D eigenvalue weighted by Crippen LogP contribution is -2.33. The number of fused-ring (bicyclic) bond motifs is 1. The second-order valence-electron chi connectivity index (χ2n) is 7.68. The summed E-state index contributed by atoms with van der Waals surface area (Å²) in [5.74, 6) is -1.06. The van der Waals surface area contributed by atoms with Crippen LogP contribution < -0.4 is 28.4 Å². The van der Waals surface area contributed by atoms with Crippen molar-refractivity contribution >= 4 is 18.0 Å². The van der Waals surface area contributed by atoms with Crippen LogP contribution in [-0.2, 0) is 19.1 Å². The second-order valence-corrected chi connectivity index (χ2v) is 7.68. The molecule has 0 aliphatic heterocycles. The van der Waals surface area contributed by atoms with E-state index in [9.17, 15) is 9.59 Å². The van der Waals surface area contributed by atoms with E-state index in [1.165, 1.54) is 56.9 Å². The van der Waals surface area contributed by atoms with Gasteiger partial charge in [0.05, 0.1) is 68.4 Å². The number of ether oxygens (including phenoxy) is 8. The van der Waals surface area contributed by atoms with Crippen LogP contribution in [0.3, 0.4) is 0 Å². The van der Waals surface area contributed by atoms with Gasteiger partial charge in [0.1, 0.15) is 0 Å². The summed E-state index contributed by atoms with van der Waals surface area (Å²) in [5, 5.41) is 0. The van der Waals surface area contributed by atoms with Gasteiger partial charge in [0.25, 0.3) is 0 Å². The van der Waals surface area contributed by atoms with Crippen LogP contribution in [0.25, 0.3) is 6.08 Å². The van der Waals surface area contributed by atoms with Gasteiger partial charge in [-0.1, -0.05) is 0 Å². The van der Waals surface area contributed by atoms with E-state index in [1.807, 2.05) is 0 Å². The topological polar surface area (TPSA) is 108 Å². The fourth-order valence-corrected chi connectivity index (χ4v) is 4.57. The molecule has 0 N–H and O–H groups in total. The van der Waals surface area contributed by atoms with Crippen LogP contribution in [0.15, 0.2) is 23.8 Å². The Hall–Kier alpha value is -4.08. The summed E-state index contributed by atoms with van der Waals surface area (Å²) in [6.45, 7) is 0. The Bertz CT molecular complexity index is 1160. The Kier molecular flexibility index (Phi) is 8.18. The molecular weight excluding hydrogens is 472 g/mol. The van der Waals surface area contributed by atoms with Crippen LogP contribution in [0.5, 0.6) is 34.5 Å². The first-order valence-electron chi connectivity index (χ1n) is 10.9. The molecule has 0 spiro atoms. The van der Waals surface area contributed by atoms with E-state index in [0.29, 0.717) is 51.2 Å². The molecule has 2 aromatic carbocycles. The summed E-state index contributed by atoms with van der Waals surface area (Å²) in [5.41, 5.74) is 1.82. The maximum Gasteiger partial charge on any atom is 0.334 e. The summed E-state index contributed by atoms with van der Waals surface area (Å²) >= 11 is 0. The van der Waals surface area contributed by atoms with Gasteiger partial charge in [-0.25, -0.2) is 4.79 Å². The zero-order chi connectivity index (χ0) is 26.6. The molecule has 2 aromatic rings. The van der Waals surface area contributed by atoms with E-state index in [1.54, 1.807) is 24.3 Å². The number of hydrogen-bond acceptors (Lipinski definition) is 10. The second kappa shape index (κ2) is 11.1. The highest BCUT2D eigenvalue weighted by Crippen LogP contribution is 2.54. The molecule has 2 atom stereocenters. The Balaban J connectivity index is 2.51. The Morgan fingerprint density at radius 2 is 1.17 bits per heavy atom. The third kappa shape index (κ3) is 4.34. The van der Waals surface area contributed by atoms with Gasteiger partial charge in [-0.2, -0.15) is 0 Å². The quantitative estimate of drug-likeness (QED) is 0.474. The molecule has 0 saturated carbocycles. The number of methoxy groups -OCH3 is 8. The first-order chi connectivity index (χ1) is 17.3. The van der Waals surface area contributed by atoms with Crippen molar-refractivity contribution in [1.82, 2.24) is 0 Å². The molecule has 0 aromatic heterocycles. The summed E-state index contributed by atoms with van der Waals surface area (Å²) < 4.78 is 43.6. The van der Waals surface area contributed by atoms with Crippen LogP contribution >= 0.6 is 0 Å². The average Bonchev–Trinajstić information content (AvgIpc) is 2.92. The highest BCUT2D eigenvalue weighted by molar-refractivity contribution is 6.02. The summed E-state index contributed by atoms with van der Waals surface area (Å²) in [7, 11) is 11.4. The van der Waals surface area contributed by atoms with Gasteiger partial charge in [-0.05, 0) is 35.4 Å². The zero-order valence-electron chi connectivity index (χ0n) is 21.5. The number of carbonyl (C=O) groups excluding carboxylic acids is 2. The first kappa shape index (κ1) is 26.5. The van der Waals surface area contributed by atoms with Crippen LogP contribution in [-0.4, -0.2) is 68.8 Å². The maximum absolute atomic E-state index is 13.2. The van der Waals surface area contributed by atoms with Crippen LogP contribution in [0.2, 0.25) is 0 Å². The van der Waals surface area contributed by atoms with Gasteiger partial charge in [0.15, 0.2) is 23.0 Å². The van der Waals surface area contributed by atoms with Crippen LogP contribution in [0.1, 0.15) is 22.6 Å². The minimum atomic E-state index is -1.09. The van der Waals surface area contributed by atoms with Crippen molar-refractivity contribution in [3.63, 3.8) is 0 Å².